The predicted octanol–water partition coefficient (Wildman–Crippen LogP) is 2.32. The number of hydrogen-bond acceptors (Lipinski definition) is 2. The van der Waals surface area contributed by atoms with Crippen LogP contribution in [-0.2, 0) is 4.79 Å². The molecule has 0 fully saturated rings. The lowest BCUT2D eigenvalue weighted by atomic mass is 10.1. The molecule has 1 aromatic carbocycles. The molecule has 15 heavy (non-hydrogen) atoms. The molecule has 0 amide bonds. The topological polar surface area (TPSA) is 46.5 Å². The summed E-state index contributed by atoms with van der Waals surface area (Å²) in [4.78, 5) is 10.3. The zero-order valence-corrected chi connectivity index (χ0v) is 8.24. The Balaban J connectivity index is 2.84. The first-order chi connectivity index (χ1) is 7.13. The second-order valence-corrected chi connectivity index (χ2v) is 2.89. The molecule has 0 heterocycles. The third-order valence-corrected chi connectivity index (χ3v) is 1.79. The summed E-state index contributed by atoms with van der Waals surface area (Å²) in [5, 5.41) is 8.42. The fourth-order valence-corrected chi connectivity index (χ4v) is 1.11. The van der Waals surface area contributed by atoms with Gasteiger partial charge in [0.05, 0.1) is 13.5 Å². The maximum absolute atomic E-state index is 12.8. The molecule has 1 rings (SSSR count). The van der Waals surface area contributed by atoms with Crippen LogP contribution in [0.3, 0.4) is 0 Å². The van der Waals surface area contributed by atoms with Crippen molar-refractivity contribution in [2.45, 2.75) is 6.42 Å². The Hall–Kier alpha value is -1.84. The number of benzene rings is 1. The summed E-state index contributed by atoms with van der Waals surface area (Å²) in [7, 11) is 1.43. The smallest absolute Gasteiger partial charge is 0.307 e. The van der Waals surface area contributed by atoms with Gasteiger partial charge < -0.3 is 9.84 Å². The van der Waals surface area contributed by atoms with Crippen molar-refractivity contribution < 1.29 is 19.0 Å². The van der Waals surface area contributed by atoms with Gasteiger partial charge in [0.15, 0.2) is 0 Å². The summed E-state index contributed by atoms with van der Waals surface area (Å²) in [6.07, 6.45) is 3.00. The van der Waals surface area contributed by atoms with Crippen molar-refractivity contribution in [3.63, 3.8) is 0 Å². The molecule has 0 bridgehead atoms. The average Bonchev–Trinajstić information content (AvgIpc) is 2.19. The third kappa shape index (κ3) is 3.42. The van der Waals surface area contributed by atoms with Crippen molar-refractivity contribution in [1.82, 2.24) is 0 Å². The highest BCUT2D eigenvalue weighted by molar-refractivity contribution is 5.71. The zero-order valence-electron chi connectivity index (χ0n) is 8.24. The Morgan fingerprint density at radius 3 is 2.93 bits per heavy atom. The SMILES string of the molecule is COc1cc(F)ccc1C=CCC(=O)O. The fraction of sp³-hybridized carbons (Fsp3) is 0.182. The normalized spacial score (nSPS) is 10.5. The van der Waals surface area contributed by atoms with E-state index >= 15 is 0 Å². The van der Waals surface area contributed by atoms with Gasteiger partial charge in [-0.1, -0.05) is 12.2 Å². The minimum Gasteiger partial charge on any atom is -0.496 e. The minimum absolute atomic E-state index is 0.0689. The predicted molar refractivity (Wildman–Crippen MR) is 54.2 cm³/mol. The Labute approximate surface area is 86.8 Å². The Morgan fingerprint density at radius 2 is 2.33 bits per heavy atom. The third-order valence-electron chi connectivity index (χ3n) is 1.79. The second-order valence-electron chi connectivity index (χ2n) is 2.89. The van der Waals surface area contributed by atoms with E-state index in [1.807, 2.05) is 0 Å². The molecule has 80 valence electrons. The average molecular weight is 210 g/mol. The van der Waals surface area contributed by atoms with Crippen LogP contribution in [0.2, 0.25) is 0 Å². The quantitative estimate of drug-likeness (QED) is 0.829. The highest BCUT2D eigenvalue weighted by Crippen LogP contribution is 2.20. The zero-order chi connectivity index (χ0) is 11.3. The second kappa shape index (κ2) is 5.14. The van der Waals surface area contributed by atoms with E-state index in [-0.39, 0.29) is 12.2 Å². The molecule has 0 atom stereocenters. The maximum atomic E-state index is 12.8. The maximum Gasteiger partial charge on any atom is 0.307 e. The summed E-state index contributed by atoms with van der Waals surface area (Å²) in [6, 6.07) is 4.08. The molecule has 0 aromatic heterocycles. The molecule has 0 unspecified atom stereocenters. The van der Waals surface area contributed by atoms with Gasteiger partial charge in [-0.15, -0.1) is 0 Å². The molecule has 0 aliphatic carbocycles. The lowest BCUT2D eigenvalue weighted by Gasteiger charge is -2.03. The van der Waals surface area contributed by atoms with Gasteiger partial charge in [0.2, 0.25) is 0 Å². The first-order valence-electron chi connectivity index (χ1n) is 4.35. The summed E-state index contributed by atoms with van der Waals surface area (Å²) in [6.45, 7) is 0. The van der Waals surface area contributed by atoms with E-state index in [9.17, 15) is 9.18 Å². The van der Waals surface area contributed by atoms with Crippen LogP contribution in [0, 0.1) is 5.82 Å². The molecular formula is C11H11FO3. The molecule has 3 nitrogen and oxygen atoms in total. The summed E-state index contributed by atoms with van der Waals surface area (Å²) < 4.78 is 17.7. The highest BCUT2D eigenvalue weighted by Gasteiger charge is 2.01. The summed E-state index contributed by atoms with van der Waals surface area (Å²) in [5.74, 6) is -0.911. The first-order valence-corrected chi connectivity index (χ1v) is 4.35. The first kappa shape index (κ1) is 11.2. The van der Waals surface area contributed by atoms with Crippen LogP contribution in [0.25, 0.3) is 6.08 Å². The van der Waals surface area contributed by atoms with E-state index in [0.29, 0.717) is 11.3 Å². The number of hydrogen-bond donors (Lipinski definition) is 1. The number of ether oxygens (including phenoxy) is 1. The van der Waals surface area contributed by atoms with Crippen molar-refractivity contribution >= 4 is 12.0 Å². The van der Waals surface area contributed by atoms with Crippen LogP contribution >= 0.6 is 0 Å². The molecular weight excluding hydrogens is 199 g/mol. The van der Waals surface area contributed by atoms with Gasteiger partial charge in [0.1, 0.15) is 11.6 Å². The molecule has 0 aliphatic heterocycles. The van der Waals surface area contributed by atoms with Crippen molar-refractivity contribution in [3.8, 4) is 5.75 Å². The fourth-order valence-electron chi connectivity index (χ4n) is 1.11. The van der Waals surface area contributed by atoms with Gasteiger partial charge in [-0.25, -0.2) is 4.39 Å². The Kier molecular flexibility index (Phi) is 3.85. The molecule has 0 saturated carbocycles. The van der Waals surface area contributed by atoms with Gasteiger partial charge in [-0.2, -0.15) is 0 Å². The van der Waals surface area contributed by atoms with Crippen LogP contribution in [0.1, 0.15) is 12.0 Å². The summed E-state index contributed by atoms with van der Waals surface area (Å²) in [5.41, 5.74) is 0.653. The summed E-state index contributed by atoms with van der Waals surface area (Å²) >= 11 is 0. The number of carboxylic acids is 1. The lowest BCUT2D eigenvalue weighted by molar-refractivity contribution is -0.135. The van der Waals surface area contributed by atoms with Gasteiger partial charge in [-0.3, -0.25) is 4.79 Å². The van der Waals surface area contributed by atoms with Gasteiger partial charge >= 0.3 is 5.97 Å². The van der Waals surface area contributed by atoms with Crippen molar-refractivity contribution in [2.75, 3.05) is 7.11 Å². The van der Waals surface area contributed by atoms with Crippen LogP contribution in [0.15, 0.2) is 24.3 Å². The highest BCUT2D eigenvalue weighted by atomic mass is 19.1. The van der Waals surface area contributed by atoms with Gasteiger partial charge in [0, 0.05) is 11.6 Å². The minimum atomic E-state index is -0.910. The Morgan fingerprint density at radius 1 is 1.60 bits per heavy atom. The molecule has 0 spiro atoms. The van der Waals surface area contributed by atoms with Crippen molar-refractivity contribution in [1.29, 1.82) is 0 Å². The standard InChI is InChI=1S/C11H11FO3/c1-15-10-7-9(12)6-5-8(10)3-2-4-11(13)14/h2-3,5-7H,4H2,1H3,(H,13,14). The molecule has 1 N–H and O–H groups in total. The molecule has 0 aliphatic rings. The van der Waals surface area contributed by atoms with E-state index in [1.165, 1.54) is 31.4 Å². The van der Waals surface area contributed by atoms with Crippen molar-refractivity contribution in [3.05, 3.63) is 35.7 Å². The number of aliphatic carboxylic acids is 1. The number of halogens is 1. The van der Waals surface area contributed by atoms with E-state index in [0.717, 1.165) is 0 Å². The van der Waals surface area contributed by atoms with Crippen molar-refractivity contribution in [2.24, 2.45) is 0 Å². The Bertz CT molecular complexity index is 385. The van der Waals surface area contributed by atoms with E-state index < -0.39 is 5.97 Å². The molecule has 1 aromatic rings. The lowest BCUT2D eigenvalue weighted by Crippen LogP contribution is -1.91. The van der Waals surface area contributed by atoms with E-state index in [2.05, 4.69) is 0 Å². The van der Waals surface area contributed by atoms with Crippen LogP contribution in [0.4, 0.5) is 4.39 Å². The van der Waals surface area contributed by atoms with Crippen LogP contribution in [0.5, 0.6) is 5.75 Å². The largest absolute Gasteiger partial charge is 0.496 e. The van der Waals surface area contributed by atoms with Crippen LogP contribution in [-0.4, -0.2) is 18.2 Å². The molecule has 4 heteroatoms. The van der Waals surface area contributed by atoms with Gasteiger partial charge in [-0.05, 0) is 12.1 Å². The number of rotatable bonds is 4. The van der Waals surface area contributed by atoms with Gasteiger partial charge in [0.25, 0.3) is 0 Å². The number of carboxylic acid groups (broad SMARTS) is 1. The van der Waals surface area contributed by atoms with Crippen LogP contribution < -0.4 is 4.74 Å². The number of carbonyl (C=O) groups is 1. The monoisotopic (exact) mass is 210 g/mol. The molecule has 0 saturated heterocycles. The number of methoxy groups -OCH3 is 1. The van der Waals surface area contributed by atoms with E-state index in [1.54, 1.807) is 6.08 Å². The molecule has 0 radical (unpaired) electrons. The van der Waals surface area contributed by atoms with E-state index in [4.69, 9.17) is 9.84 Å².